The lowest BCUT2D eigenvalue weighted by Gasteiger charge is -2.20. The largest absolute Gasteiger partial charge is 0.372 e. The van der Waals surface area contributed by atoms with E-state index >= 15 is 0 Å². The van der Waals surface area contributed by atoms with Crippen molar-refractivity contribution in [2.24, 2.45) is 0 Å². The van der Waals surface area contributed by atoms with E-state index in [0.29, 0.717) is 0 Å². The van der Waals surface area contributed by atoms with Crippen LogP contribution < -0.4 is 4.90 Å². The Labute approximate surface area is 102 Å². The van der Waals surface area contributed by atoms with E-state index in [4.69, 9.17) is 0 Å². The Bertz CT molecular complexity index is 447. The fraction of sp³-hybridized carbons (Fsp3) is 0.286. The van der Waals surface area contributed by atoms with Gasteiger partial charge in [-0.3, -0.25) is 0 Å². The van der Waals surface area contributed by atoms with Gasteiger partial charge >= 0.3 is 0 Å². The van der Waals surface area contributed by atoms with Gasteiger partial charge in [0.1, 0.15) is 0 Å². The van der Waals surface area contributed by atoms with Crippen LogP contribution in [0.1, 0.15) is 13.8 Å². The van der Waals surface area contributed by atoms with Crippen molar-refractivity contribution in [2.45, 2.75) is 13.8 Å². The maximum atomic E-state index is 4.24. The first-order valence-corrected chi connectivity index (χ1v) is 5.97. The molecule has 2 aromatic rings. The summed E-state index contributed by atoms with van der Waals surface area (Å²) in [6.45, 7) is 6.38. The minimum Gasteiger partial charge on any atom is -0.372 e. The molecule has 2 rings (SSSR count). The van der Waals surface area contributed by atoms with E-state index in [2.05, 4.69) is 53.0 Å². The van der Waals surface area contributed by atoms with Gasteiger partial charge in [-0.15, -0.1) is 0 Å². The minimum atomic E-state index is 0.776. The first kappa shape index (κ1) is 11.6. The number of nitrogens with zero attached hydrogens (tertiary/aromatic N) is 3. The van der Waals surface area contributed by atoms with E-state index in [1.54, 1.807) is 12.4 Å². The summed E-state index contributed by atoms with van der Waals surface area (Å²) >= 11 is 0. The van der Waals surface area contributed by atoms with Crippen LogP contribution in [0.15, 0.2) is 42.7 Å². The normalized spacial score (nSPS) is 10.2. The third-order valence-electron chi connectivity index (χ3n) is 2.82. The maximum Gasteiger partial charge on any atom is 0.159 e. The summed E-state index contributed by atoms with van der Waals surface area (Å²) in [5.41, 5.74) is 2.30. The van der Waals surface area contributed by atoms with Crippen molar-refractivity contribution in [1.82, 2.24) is 9.97 Å². The van der Waals surface area contributed by atoms with E-state index in [1.807, 2.05) is 6.07 Å². The van der Waals surface area contributed by atoms with E-state index < -0.39 is 0 Å². The van der Waals surface area contributed by atoms with Gasteiger partial charge in [-0.1, -0.05) is 0 Å². The molecule has 0 N–H and O–H groups in total. The fourth-order valence-corrected chi connectivity index (χ4v) is 1.86. The summed E-state index contributed by atoms with van der Waals surface area (Å²) in [5.74, 6) is 0.776. The average molecular weight is 227 g/mol. The molecule has 0 bridgehead atoms. The van der Waals surface area contributed by atoms with Crippen molar-refractivity contribution in [3.8, 4) is 11.4 Å². The first-order valence-electron chi connectivity index (χ1n) is 5.97. The van der Waals surface area contributed by atoms with Crippen molar-refractivity contribution >= 4 is 5.69 Å². The molecule has 0 radical (unpaired) electrons. The smallest absolute Gasteiger partial charge is 0.159 e. The number of rotatable bonds is 4. The van der Waals surface area contributed by atoms with Crippen molar-refractivity contribution in [1.29, 1.82) is 0 Å². The van der Waals surface area contributed by atoms with Crippen molar-refractivity contribution < 1.29 is 0 Å². The quantitative estimate of drug-likeness (QED) is 0.804. The molecule has 0 atom stereocenters. The van der Waals surface area contributed by atoms with Crippen LogP contribution in [0.5, 0.6) is 0 Å². The van der Waals surface area contributed by atoms with Crippen LogP contribution in [0, 0.1) is 0 Å². The molecule has 3 nitrogen and oxygen atoms in total. The lowest BCUT2D eigenvalue weighted by atomic mass is 10.2. The van der Waals surface area contributed by atoms with Gasteiger partial charge in [0.25, 0.3) is 0 Å². The Morgan fingerprint density at radius 1 is 0.941 bits per heavy atom. The maximum absolute atomic E-state index is 4.24. The third-order valence-corrected chi connectivity index (χ3v) is 2.82. The van der Waals surface area contributed by atoms with E-state index in [1.165, 1.54) is 5.69 Å². The van der Waals surface area contributed by atoms with Gasteiger partial charge in [0, 0.05) is 36.7 Å². The lowest BCUT2D eigenvalue weighted by Crippen LogP contribution is -2.21. The third kappa shape index (κ3) is 2.61. The van der Waals surface area contributed by atoms with Crippen LogP contribution in [0.4, 0.5) is 5.69 Å². The molecule has 0 aliphatic heterocycles. The number of aromatic nitrogens is 2. The SMILES string of the molecule is CCN(CC)c1ccc(-c2ncccn2)cc1. The lowest BCUT2D eigenvalue weighted by molar-refractivity contribution is 0.866. The van der Waals surface area contributed by atoms with Crippen LogP contribution >= 0.6 is 0 Å². The molecular weight excluding hydrogens is 210 g/mol. The van der Waals surface area contributed by atoms with Gasteiger partial charge < -0.3 is 4.90 Å². The summed E-state index contributed by atoms with van der Waals surface area (Å²) in [6, 6.07) is 10.2. The number of hydrogen-bond donors (Lipinski definition) is 0. The summed E-state index contributed by atoms with van der Waals surface area (Å²) in [7, 11) is 0. The second kappa shape index (κ2) is 5.43. The highest BCUT2D eigenvalue weighted by Gasteiger charge is 2.03. The zero-order valence-corrected chi connectivity index (χ0v) is 10.3. The van der Waals surface area contributed by atoms with Crippen molar-refractivity contribution in [3.63, 3.8) is 0 Å². The Morgan fingerprint density at radius 2 is 1.53 bits per heavy atom. The van der Waals surface area contributed by atoms with Crippen molar-refractivity contribution in [3.05, 3.63) is 42.7 Å². The Kier molecular flexibility index (Phi) is 3.70. The Hall–Kier alpha value is -1.90. The molecule has 0 saturated heterocycles. The molecule has 1 heterocycles. The topological polar surface area (TPSA) is 29.0 Å². The monoisotopic (exact) mass is 227 g/mol. The average Bonchev–Trinajstić information content (AvgIpc) is 2.42. The molecule has 1 aromatic carbocycles. The number of hydrogen-bond acceptors (Lipinski definition) is 3. The molecule has 0 amide bonds. The molecule has 0 unspecified atom stereocenters. The van der Waals surface area contributed by atoms with E-state index in [-0.39, 0.29) is 0 Å². The fourth-order valence-electron chi connectivity index (χ4n) is 1.86. The zero-order valence-electron chi connectivity index (χ0n) is 10.3. The number of anilines is 1. The summed E-state index contributed by atoms with van der Waals surface area (Å²) < 4.78 is 0. The van der Waals surface area contributed by atoms with Gasteiger partial charge in [-0.2, -0.15) is 0 Å². The molecule has 0 aliphatic carbocycles. The van der Waals surface area contributed by atoms with Crippen LogP contribution in [0.3, 0.4) is 0 Å². The highest BCUT2D eigenvalue weighted by molar-refractivity contribution is 5.60. The van der Waals surface area contributed by atoms with E-state index in [9.17, 15) is 0 Å². The molecular formula is C14H17N3. The molecule has 88 valence electrons. The highest BCUT2D eigenvalue weighted by atomic mass is 15.1. The molecule has 0 spiro atoms. The van der Waals surface area contributed by atoms with E-state index in [0.717, 1.165) is 24.5 Å². The molecule has 17 heavy (non-hydrogen) atoms. The zero-order chi connectivity index (χ0) is 12.1. The Morgan fingerprint density at radius 3 is 2.06 bits per heavy atom. The van der Waals surface area contributed by atoms with Crippen LogP contribution in [0.25, 0.3) is 11.4 Å². The van der Waals surface area contributed by atoms with Crippen molar-refractivity contribution in [2.75, 3.05) is 18.0 Å². The second-order valence-electron chi connectivity index (χ2n) is 3.79. The predicted octanol–water partition coefficient (Wildman–Crippen LogP) is 2.99. The Balaban J connectivity index is 2.24. The van der Waals surface area contributed by atoms with Crippen LogP contribution in [-0.4, -0.2) is 23.1 Å². The highest BCUT2D eigenvalue weighted by Crippen LogP contribution is 2.19. The molecule has 0 fully saturated rings. The minimum absolute atomic E-state index is 0.776. The number of benzene rings is 1. The predicted molar refractivity (Wildman–Crippen MR) is 71.0 cm³/mol. The van der Waals surface area contributed by atoms with Gasteiger partial charge in [-0.05, 0) is 44.2 Å². The molecule has 3 heteroatoms. The van der Waals surface area contributed by atoms with Gasteiger partial charge in [0.15, 0.2) is 5.82 Å². The first-order chi connectivity index (χ1) is 8.35. The molecule has 0 aliphatic rings. The van der Waals surface area contributed by atoms with Gasteiger partial charge in [0.05, 0.1) is 0 Å². The second-order valence-corrected chi connectivity index (χ2v) is 3.79. The molecule has 1 aromatic heterocycles. The molecule has 0 saturated carbocycles. The van der Waals surface area contributed by atoms with Gasteiger partial charge in [-0.25, -0.2) is 9.97 Å². The standard InChI is InChI=1S/C14H17N3/c1-3-17(4-2)13-8-6-12(7-9-13)14-15-10-5-11-16-14/h5-11H,3-4H2,1-2H3. The van der Waals surface area contributed by atoms with Gasteiger partial charge in [0.2, 0.25) is 0 Å². The summed E-state index contributed by atoms with van der Waals surface area (Å²) in [5, 5.41) is 0. The summed E-state index contributed by atoms with van der Waals surface area (Å²) in [6.07, 6.45) is 3.53. The summed E-state index contributed by atoms with van der Waals surface area (Å²) in [4.78, 5) is 10.8. The van der Waals surface area contributed by atoms with Crippen LogP contribution in [0.2, 0.25) is 0 Å². The van der Waals surface area contributed by atoms with Crippen LogP contribution in [-0.2, 0) is 0 Å².